The quantitative estimate of drug-likeness (QED) is 0.600. The molecule has 19 heavy (non-hydrogen) atoms. The third kappa shape index (κ3) is 3.91. The van der Waals surface area contributed by atoms with Gasteiger partial charge in [0.15, 0.2) is 0 Å². The van der Waals surface area contributed by atoms with Crippen molar-refractivity contribution >= 4 is 11.9 Å². The molecule has 1 rings (SSSR count). The molecule has 0 unspecified atom stereocenters. The van der Waals surface area contributed by atoms with Crippen molar-refractivity contribution in [3.05, 3.63) is 0 Å². The molecule has 0 radical (unpaired) electrons. The van der Waals surface area contributed by atoms with Gasteiger partial charge in [0.25, 0.3) is 0 Å². The number of carboxylic acid groups (broad SMARTS) is 1. The van der Waals surface area contributed by atoms with Gasteiger partial charge in [-0.1, -0.05) is 0 Å². The highest BCUT2D eigenvalue weighted by Gasteiger charge is 2.44. The first-order valence-electron chi connectivity index (χ1n) is 6.45. The number of rotatable bonds is 3. The van der Waals surface area contributed by atoms with Crippen LogP contribution in [0.2, 0.25) is 0 Å². The van der Waals surface area contributed by atoms with Crippen molar-refractivity contribution in [2.45, 2.75) is 58.0 Å². The lowest BCUT2D eigenvalue weighted by Gasteiger charge is -2.51. The van der Waals surface area contributed by atoms with Crippen LogP contribution in [0.15, 0.2) is 0 Å². The van der Waals surface area contributed by atoms with Gasteiger partial charge in [-0.25, -0.2) is 9.59 Å². The first-order chi connectivity index (χ1) is 8.56. The van der Waals surface area contributed by atoms with Crippen molar-refractivity contribution in [3.63, 3.8) is 0 Å². The number of ether oxygens (including phenoxy) is 1. The molecule has 6 nitrogen and oxygen atoms in total. The van der Waals surface area contributed by atoms with Crippen LogP contribution in [0, 0.1) is 5.92 Å². The van der Waals surface area contributed by atoms with Gasteiger partial charge in [0.2, 0.25) is 0 Å². The predicted molar refractivity (Wildman–Crippen MR) is 67.7 cm³/mol. The van der Waals surface area contributed by atoms with Crippen molar-refractivity contribution in [2.75, 3.05) is 6.61 Å². The lowest BCUT2D eigenvalue weighted by Crippen LogP contribution is -2.59. The van der Waals surface area contributed by atoms with Crippen LogP contribution in [-0.2, 0) is 14.3 Å². The van der Waals surface area contributed by atoms with Gasteiger partial charge in [0.05, 0.1) is 6.61 Å². The maximum Gasteiger partial charge on any atom is 0.417 e. The van der Waals surface area contributed by atoms with Gasteiger partial charge in [0.1, 0.15) is 0 Å². The Balaban J connectivity index is 2.52. The van der Waals surface area contributed by atoms with Crippen molar-refractivity contribution in [2.24, 2.45) is 5.92 Å². The van der Waals surface area contributed by atoms with Gasteiger partial charge in [-0.15, -0.1) is 0 Å². The second-order valence-corrected chi connectivity index (χ2v) is 6.44. The Kier molecular flexibility index (Phi) is 4.58. The lowest BCUT2D eigenvalue weighted by atomic mass is 9.74. The number of aliphatic carboxylic acids is 1. The first-order valence-corrected chi connectivity index (χ1v) is 6.45. The van der Waals surface area contributed by atoms with E-state index >= 15 is 0 Å². The van der Waals surface area contributed by atoms with Crippen molar-refractivity contribution in [3.8, 4) is 0 Å². The normalized spacial score (nSPS) is 23.0. The number of carbonyl (C=O) groups is 2. The Morgan fingerprint density at radius 1 is 1.21 bits per heavy atom. The third-order valence-corrected chi connectivity index (χ3v) is 3.66. The number of nitrogens with zero attached hydrogens (tertiary/aromatic N) is 1. The zero-order valence-electron chi connectivity index (χ0n) is 12.0. The summed E-state index contributed by atoms with van der Waals surface area (Å²) in [6, 6.07) is 0. The van der Waals surface area contributed by atoms with Crippen molar-refractivity contribution in [1.29, 1.82) is 0 Å². The van der Waals surface area contributed by atoms with Crippen molar-refractivity contribution in [1.82, 2.24) is 5.06 Å². The number of hydroxylamine groups is 2. The number of carbonyl (C=O) groups excluding carboxylic acids is 1. The number of piperidine rings is 1. The summed E-state index contributed by atoms with van der Waals surface area (Å²) < 4.78 is 4.65. The predicted octanol–water partition coefficient (Wildman–Crippen LogP) is 1.66. The highest BCUT2D eigenvalue weighted by Crippen LogP contribution is 2.41. The summed E-state index contributed by atoms with van der Waals surface area (Å²) in [5.41, 5.74) is -0.688. The Hall–Kier alpha value is -1.14. The molecule has 1 saturated heterocycles. The second kappa shape index (κ2) is 5.46. The first kappa shape index (κ1) is 15.9. The number of hydrogen-bond acceptors (Lipinski definition) is 5. The van der Waals surface area contributed by atoms with Crippen LogP contribution in [0.25, 0.3) is 0 Å². The van der Waals surface area contributed by atoms with Crippen LogP contribution in [0.5, 0.6) is 0 Å². The van der Waals surface area contributed by atoms with Gasteiger partial charge >= 0.3 is 11.9 Å². The van der Waals surface area contributed by atoms with Gasteiger partial charge < -0.3 is 15.1 Å². The van der Waals surface area contributed by atoms with Gasteiger partial charge in [0, 0.05) is 11.1 Å². The maximum absolute atomic E-state index is 10.8. The molecule has 0 amide bonds. The summed E-state index contributed by atoms with van der Waals surface area (Å²) in [5, 5.41) is 19.9. The molecule has 0 atom stereocenters. The number of esters is 1. The molecule has 6 heteroatoms. The highest BCUT2D eigenvalue weighted by molar-refractivity contribution is 6.28. The molecule has 2 N–H and O–H groups in total. The molecule has 1 aliphatic rings. The fourth-order valence-electron chi connectivity index (χ4n) is 3.06. The summed E-state index contributed by atoms with van der Waals surface area (Å²) in [6.07, 6.45) is 2.16. The molecule has 1 fully saturated rings. The average molecular weight is 273 g/mol. The Morgan fingerprint density at radius 2 is 1.68 bits per heavy atom. The highest BCUT2D eigenvalue weighted by atomic mass is 16.6. The molecule has 0 saturated carbocycles. The zero-order valence-corrected chi connectivity index (χ0v) is 12.0. The molecule has 0 aromatic rings. The SMILES string of the molecule is CC1(C)CC(CCOC(=O)C(=O)O)CC(C)(C)N1O. The van der Waals surface area contributed by atoms with E-state index in [0.29, 0.717) is 6.42 Å². The fourth-order valence-corrected chi connectivity index (χ4v) is 3.06. The molecule has 110 valence electrons. The van der Waals surface area contributed by atoms with Crippen LogP contribution in [0.3, 0.4) is 0 Å². The molecule has 0 bridgehead atoms. The van der Waals surface area contributed by atoms with E-state index in [4.69, 9.17) is 5.11 Å². The van der Waals surface area contributed by atoms with E-state index in [0.717, 1.165) is 12.8 Å². The molecular weight excluding hydrogens is 250 g/mol. The van der Waals surface area contributed by atoms with E-state index in [1.165, 1.54) is 5.06 Å². The molecule has 0 aromatic heterocycles. The molecule has 0 spiro atoms. The topological polar surface area (TPSA) is 87.1 Å². The minimum Gasteiger partial charge on any atom is -0.473 e. The van der Waals surface area contributed by atoms with E-state index in [1.54, 1.807) is 0 Å². The summed E-state index contributed by atoms with van der Waals surface area (Å²) in [4.78, 5) is 21.1. The average Bonchev–Trinajstić information content (AvgIpc) is 2.24. The Labute approximate surface area is 113 Å². The summed E-state index contributed by atoms with van der Waals surface area (Å²) >= 11 is 0. The van der Waals surface area contributed by atoms with Gasteiger partial charge in [-0.05, 0) is 52.9 Å². The molecule has 0 aliphatic carbocycles. The van der Waals surface area contributed by atoms with E-state index in [9.17, 15) is 14.8 Å². The second-order valence-electron chi connectivity index (χ2n) is 6.44. The van der Waals surface area contributed by atoms with Crippen LogP contribution in [0.4, 0.5) is 0 Å². The van der Waals surface area contributed by atoms with Crippen LogP contribution < -0.4 is 0 Å². The standard InChI is InChI=1S/C13H23NO5/c1-12(2)7-9(8-13(3,4)14(12)18)5-6-19-11(17)10(15)16/h9,18H,5-8H2,1-4H3,(H,15,16). The molecule has 1 heterocycles. The largest absolute Gasteiger partial charge is 0.473 e. The molecular formula is C13H23NO5. The maximum atomic E-state index is 10.8. The number of hydrogen-bond donors (Lipinski definition) is 2. The summed E-state index contributed by atoms with van der Waals surface area (Å²) in [6.45, 7) is 7.95. The third-order valence-electron chi connectivity index (χ3n) is 3.66. The molecule has 1 aliphatic heterocycles. The lowest BCUT2D eigenvalue weighted by molar-refractivity contribution is -0.251. The summed E-state index contributed by atoms with van der Waals surface area (Å²) in [7, 11) is 0. The van der Waals surface area contributed by atoms with E-state index in [1.807, 2.05) is 27.7 Å². The smallest absolute Gasteiger partial charge is 0.417 e. The van der Waals surface area contributed by atoms with Crippen LogP contribution in [-0.4, -0.2) is 45.0 Å². The Morgan fingerprint density at radius 3 is 2.11 bits per heavy atom. The molecule has 0 aromatic carbocycles. The number of carboxylic acids is 1. The van der Waals surface area contributed by atoms with Crippen molar-refractivity contribution < 1.29 is 24.6 Å². The van der Waals surface area contributed by atoms with Crippen LogP contribution >= 0.6 is 0 Å². The minimum atomic E-state index is -1.56. The van der Waals surface area contributed by atoms with E-state index < -0.39 is 11.9 Å². The van der Waals surface area contributed by atoms with Crippen LogP contribution in [0.1, 0.15) is 47.0 Å². The minimum absolute atomic E-state index is 0.105. The zero-order chi connectivity index (χ0) is 14.8. The van der Waals surface area contributed by atoms with E-state index in [2.05, 4.69) is 4.74 Å². The fraction of sp³-hybridized carbons (Fsp3) is 0.846. The van der Waals surface area contributed by atoms with Gasteiger partial charge in [-0.3, -0.25) is 0 Å². The Bertz CT molecular complexity index is 346. The van der Waals surface area contributed by atoms with Gasteiger partial charge in [-0.2, -0.15) is 5.06 Å². The summed E-state index contributed by atoms with van der Waals surface area (Å²) in [5.74, 6) is -2.49. The monoisotopic (exact) mass is 273 g/mol. The van der Waals surface area contributed by atoms with E-state index in [-0.39, 0.29) is 23.6 Å².